The van der Waals surface area contributed by atoms with E-state index in [1.54, 1.807) is 18.2 Å². The van der Waals surface area contributed by atoms with Crippen molar-refractivity contribution >= 4 is 26.8 Å². The van der Waals surface area contributed by atoms with Crippen molar-refractivity contribution < 1.29 is 18.3 Å². The fourth-order valence-corrected chi connectivity index (χ4v) is 2.91. The normalized spacial score (nSPS) is 13.3. The van der Waals surface area contributed by atoms with Gasteiger partial charge in [0.15, 0.2) is 0 Å². The number of carboxylic acids is 1. The average Bonchev–Trinajstić information content (AvgIpc) is 2.37. The first-order valence-electron chi connectivity index (χ1n) is 5.62. The molecule has 0 unspecified atom stereocenters. The number of carbonyl (C=O) groups excluding carboxylic acids is 1. The van der Waals surface area contributed by atoms with Crippen molar-refractivity contribution in [3.63, 3.8) is 0 Å². The van der Waals surface area contributed by atoms with Gasteiger partial charge in [0.05, 0.1) is 16.9 Å². The second-order valence-corrected chi connectivity index (χ2v) is 5.88. The first kappa shape index (κ1) is 13.5. The van der Waals surface area contributed by atoms with Crippen molar-refractivity contribution in [2.24, 2.45) is 0 Å². The molecule has 1 atom stereocenters. The van der Waals surface area contributed by atoms with Gasteiger partial charge in [0.2, 0.25) is 10.0 Å². The Labute approximate surface area is 110 Å². The summed E-state index contributed by atoms with van der Waals surface area (Å²) in [7, 11) is -3.87. The molecule has 0 heterocycles. The number of hydrogen-bond donors (Lipinski definition) is 1. The zero-order chi connectivity index (χ0) is 14.0. The summed E-state index contributed by atoms with van der Waals surface area (Å²) in [4.78, 5) is 10.6. The smallest absolute Gasteiger partial charge is 0.241 e. The average molecular weight is 278 g/mol. The van der Waals surface area contributed by atoms with Gasteiger partial charge in [0, 0.05) is 0 Å². The van der Waals surface area contributed by atoms with Crippen LogP contribution < -0.4 is 9.83 Å². The maximum absolute atomic E-state index is 12.0. The molecule has 0 aliphatic rings. The Hall–Kier alpha value is -1.92. The summed E-state index contributed by atoms with van der Waals surface area (Å²) >= 11 is 0. The molecule has 2 aromatic rings. The molecule has 0 saturated heterocycles. The molecule has 0 bridgehead atoms. The minimum Gasteiger partial charge on any atom is -0.548 e. The Balaban J connectivity index is 2.40. The molecule has 2 aromatic carbocycles. The van der Waals surface area contributed by atoms with E-state index in [4.69, 9.17) is 0 Å². The van der Waals surface area contributed by atoms with Crippen LogP contribution in [-0.2, 0) is 14.8 Å². The number of sulfonamides is 1. The third kappa shape index (κ3) is 2.91. The fourth-order valence-electron chi connectivity index (χ4n) is 1.68. The molecule has 6 heteroatoms. The molecule has 0 saturated carbocycles. The van der Waals surface area contributed by atoms with Crippen LogP contribution in [0, 0.1) is 0 Å². The van der Waals surface area contributed by atoms with E-state index in [1.165, 1.54) is 19.1 Å². The number of hydrogen-bond acceptors (Lipinski definition) is 4. The predicted molar refractivity (Wildman–Crippen MR) is 68.7 cm³/mol. The first-order valence-corrected chi connectivity index (χ1v) is 7.10. The van der Waals surface area contributed by atoms with Crippen molar-refractivity contribution in [3.05, 3.63) is 42.5 Å². The maximum atomic E-state index is 12.0. The summed E-state index contributed by atoms with van der Waals surface area (Å²) in [5.41, 5.74) is 0. The molecule has 0 fully saturated rings. The van der Waals surface area contributed by atoms with Crippen LogP contribution in [0.25, 0.3) is 10.8 Å². The van der Waals surface area contributed by atoms with Gasteiger partial charge in [0.1, 0.15) is 0 Å². The summed E-state index contributed by atoms with van der Waals surface area (Å²) in [5.74, 6) is -1.47. The SMILES string of the molecule is C[C@H](NS(=O)(=O)c1ccc2ccccc2c1)C(=O)[O-]. The standard InChI is InChI=1S/C13H13NO4S/c1-9(13(15)16)14-19(17,18)12-7-6-10-4-2-3-5-11(10)8-12/h2-9,14H,1H3,(H,15,16)/p-1/t9-/m0/s1. The second kappa shape index (κ2) is 4.99. The van der Waals surface area contributed by atoms with Crippen LogP contribution in [0.15, 0.2) is 47.4 Å². The molecular formula is C13H12NO4S-. The van der Waals surface area contributed by atoms with Crippen LogP contribution in [0.4, 0.5) is 0 Å². The molecule has 0 radical (unpaired) electrons. The number of rotatable bonds is 4. The van der Waals surface area contributed by atoms with Crippen molar-refractivity contribution in [1.82, 2.24) is 4.72 Å². The molecule has 0 aliphatic carbocycles. The summed E-state index contributed by atoms with van der Waals surface area (Å²) in [6, 6.07) is 10.6. The van der Waals surface area contributed by atoms with Crippen LogP contribution in [0.3, 0.4) is 0 Å². The van der Waals surface area contributed by atoms with Crippen LogP contribution >= 0.6 is 0 Å². The molecule has 19 heavy (non-hydrogen) atoms. The Morgan fingerprint density at radius 2 is 1.79 bits per heavy atom. The zero-order valence-corrected chi connectivity index (χ0v) is 11.0. The minimum absolute atomic E-state index is 0.0271. The van der Waals surface area contributed by atoms with Gasteiger partial charge >= 0.3 is 0 Å². The van der Waals surface area contributed by atoms with Gasteiger partial charge in [-0.2, -0.15) is 0 Å². The molecule has 2 rings (SSSR count). The van der Waals surface area contributed by atoms with Crippen molar-refractivity contribution in [1.29, 1.82) is 0 Å². The van der Waals surface area contributed by atoms with Gasteiger partial charge in [-0.15, -0.1) is 0 Å². The topological polar surface area (TPSA) is 86.3 Å². The highest BCUT2D eigenvalue weighted by Gasteiger charge is 2.18. The molecular weight excluding hydrogens is 266 g/mol. The highest BCUT2D eigenvalue weighted by molar-refractivity contribution is 7.89. The van der Waals surface area contributed by atoms with E-state index in [2.05, 4.69) is 0 Å². The van der Waals surface area contributed by atoms with Crippen molar-refractivity contribution in [2.75, 3.05) is 0 Å². The summed E-state index contributed by atoms with van der Waals surface area (Å²) in [5, 5.41) is 12.3. The van der Waals surface area contributed by atoms with E-state index in [1.807, 2.05) is 16.9 Å². The van der Waals surface area contributed by atoms with Crippen LogP contribution in [0.1, 0.15) is 6.92 Å². The van der Waals surface area contributed by atoms with Gasteiger partial charge in [-0.05, 0) is 29.8 Å². The van der Waals surface area contributed by atoms with Crippen LogP contribution in [-0.4, -0.2) is 20.4 Å². The quantitative estimate of drug-likeness (QED) is 0.869. The monoisotopic (exact) mass is 278 g/mol. The van der Waals surface area contributed by atoms with E-state index in [-0.39, 0.29) is 4.90 Å². The summed E-state index contributed by atoms with van der Waals surface area (Å²) < 4.78 is 26.0. The molecule has 0 aliphatic heterocycles. The van der Waals surface area contributed by atoms with Gasteiger partial charge in [-0.25, -0.2) is 13.1 Å². The summed E-state index contributed by atoms with van der Waals surface area (Å²) in [6.07, 6.45) is 0. The first-order chi connectivity index (χ1) is 8.90. The largest absolute Gasteiger partial charge is 0.548 e. The van der Waals surface area contributed by atoms with Gasteiger partial charge in [-0.3, -0.25) is 0 Å². The van der Waals surface area contributed by atoms with Gasteiger partial charge in [-0.1, -0.05) is 30.3 Å². The Morgan fingerprint density at radius 3 is 2.42 bits per heavy atom. The molecule has 100 valence electrons. The predicted octanol–water partition coefficient (Wildman–Crippen LogP) is 0.256. The molecule has 1 N–H and O–H groups in total. The maximum Gasteiger partial charge on any atom is 0.241 e. The number of carbonyl (C=O) groups is 1. The van der Waals surface area contributed by atoms with Gasteiger partial charge in [0.25, 0.3) is 0 Å². The lowest BCUT2D eigenvalue weighted by Gasteiger charge is -2.15. The molecule has 0 amide bonds. The molecule has 0 spiro atoms. The lowest BCUT2D eigenvalue weighted by molar-refractivity contribution is -0.307. The van der Waals surface area contributed by atoms with Gasteiger partial charge < -0.3 is 9.90 Å². The fraction of sp³-hybridized carbons (Fsp3) is 0.154. The van der Waals surface area contributed by atoms with E-state index in [9.17, 15) is 18.3 Å². The number of carboxylic acid groups (broad SMARTS) is 1. The van der Waals surface area contributed by atoms with E-state index >= 15 is 0 Å². The lowest BCUT2D eigenvalue weighted by Crippen LogP contribution is -2.45. The van der Waals surface area contributed by atoms with E-state index < -0.39 is 22.0 Å². The zero-order valence-electron chi connectivity index (χ0n) is 10.2. The van der Waals surface area contributed by atoms with E-state index in [0.29, 0.717) is 0 Å². The lowest BCUT2D eigenvalue weighted by atomic mass is 10.1. The third-order valence-corrected chi connectivity index (χ3v) is 4.26. The second-order valence-electron chi connectivity index (χ2n) is 4.17. The molecule has 5 nitrogen and oxygen atoms in total. The Morgan fingerprint density at radius 1 is 1.16 bits per heavy atom. The van der Waals surface area contributed by atoms with E-state index in [0.717, 1.165) is 10.8 Å². The highest BCUT2D eigenvalue weighted by atomic mass is 32.2. The van der Waals surface area contributed by atoms with Crippen molar-refractivity contribution in [2.45, 2.75) is 17.9 Å². The third-order valence-electron chi connectivity index (χ3n) is 2.72. The molecule has 0 aromatic heterocycles. The summed E-state index contributed by atoms with van der Waals surface area (Å²) in [6.45, 7) is 1.22. The Kier molecular flexibility index (Phi) is 3.55. The minimum atomic E-state index is -3.87. The highest BCUT2D eigenvalue weighted by Crippen LogP contribution is 2.18. The van der Waals surface area contributed by atoms with Crippen molar-refractivity contribution in [3.8, 4) is 0 Å². The number of fused-ring (bicyclic) bond motifs is 1. The number of nitrogens with one attached hydrogen (secondary N) is 1. The van der Waals surface area contributed by atoms with Crippen LogP contribution in [0.2, 0.25) is 0 Å². The number of benzene rings is 2. The van der Waals surface area contributed by atoms with Crippen LogP contribution in [0.5, 0.6) is 0 Å². The number of aliphatic carboxylic acids is 1. The Bertz CT molecular complexity index is 724.